The largest absolute Gasteiger partial charge is 0.464 e. The summed E-state index contributed by atoms with van der Waals surface area (Å²) in [5.41, 5.74) is -0.581. The zero-order valence-corrected chi connectivity index (χ0v) is 15.3. The maximum Gasteiger partial charge on any atom is 0.191 e. The zero-order chi connectivity index (χ0) is 14.6. The number of nitrogens with zero attached hydrogens (tertiary/aromatic N) is 1. The molecule has 0 aliphatic heterocycles. The zero-order valence-electron chi connectivity index (χ0n) is 13.0. The summed E-state index contributed by atoms with van der Waals surface area (Å²) in [7, 11) is 1.73. The fraction of sp³-hybridized carbons (Fsp3) is 0.667. The lowest BCUT2D eigenvalue weighted by molar-refractivity contribution is 0.0521. The van der Waals surface area contributed by atoms with Crippen molar-refractivity contribution in [1.82, 2.24) is 10.6 Å². The molecule has 21 heavy (non-hydrogen) atoms. The lowest BCUT2D eigenvalue weighted by atomic mass is 10.0. The van der Waals surface area contributed by atoms with Crippen molar-refractivity contribution in [2.75, 3.05) is 13.6 Å². The summed E-state index contributed by atoms with van der Waals surface area (Å²) in [6.45, 7) is 4.49. The van der Waals surface area contributed by atoms with Crippen molar-refractivity contribution >= 4 is 29.9 Å². The predicted molar refractivity (Wildman–Crippen MR) is 95.2 cm³/mol. The average molecular weight is 407 g/mol. The van der Waals surface area contributed by atoms with E-state index in [-0.39, 0.29) is 30.0 Å². The third kappa shape index (κ3) is 5.18. The van der Waals surface area contributed by atoms with Crippen molar-refractivity contribution in [3.05, 3.63) is 23.7 Å². The minimum atomic E-state index is -0.581. The molecule has 0 radical (unpaired) electrons. The van der Waals surface area contributed by atoms with Crippen LogP contribution in [0.4, 0.5) is 0 Å². The number of furan rings is 1. The smallest absolute Gasteiger partial charge is 0.191 e. The van der Waals surface area contributed by atoms with Crippen LogP contribution in [0.1, 0.15) is 50.2 Å². The van der Waals surface area contributed by atoms with E-state index in [9.17, 15) is 5.11 Å². The topological polar surface area (TPSA) is 69.8 Å². The lowest BCUT2D eigenvalue weighted by Gasteiger charge is -2.24. The number of aliphatic hydroxyl groups is 1. The Morgan fingerprint density at radius 3 is 2.62 bits per heavy atom. The fourth-order valence-corrected chi connectivity index (χ4v) is 2.62. The normalized spacial score (nSPS) is 19.0. The Hall–Kier alpha value is -0.760. The van der Waals surface area contributed by atoms with E-state index in [4.69, 9.17) is 4.42 Å². The molecule has 1 aromatic rings. The molecule has 1 aromatic heterocycles. The number of halogens is 1. The summed E-state index contributed by atoms with van der Waals surface area (Å²) in [6, 6.07) is 3.95. The van der Waals surface area contributed by atoms with E-state index >= 15 is 0 Å². The maximum absolute atomic E-state index is 10.3. The van der Waals surface area contributed by atoms with Crippen molar-refractivity contribution in [1.29, 1.82) is 0 Å². The Morgan fingerprint density at radius 2 is 2.10 bits per heavy atom. The van der Waals surface area contributed by atoms with Crippen LogP contribution in [0, 0.1) is 6.92 Å². The average Bonchev–Trinajstić information content (AvgIpc) is 3.04. The number of aryl methyl sites for hydroxylation is 1. The molecule has 0 amide bonds. The second-order valence-electron chi connectivity index (χ2n) is 5.67. The van der Waals surface area contributed by atoms with Gasteiger partial charge in [-0.15, -0.1) is 24.0 Å². The number of hydrogen-bond acceptors (Lipinski definition) is 3. The third-order valence-electron chi connectivity index (χ3n) is 3.88. The van der Waals surface area contributed by atoms with Gasteiger partial charge in [0.2, 0.25) is 0 Å². The van der Waals surface area contributed by atoms with Gasteiger partial charge in [-0.05, 0) is 38.8 Å². The Kier molecular flexibility index (Phi) is 6.99. The molecule has 1 aliphatic carbocycles. The first kappa shape index (κ1) is 18.3. The van der Waals surface area contributed by atoms with Gasteiger partial charge in [0.15, 0.2) is 5.96 Å². The minimum absolute atomic E-state index is 0. The van der Waals surface area contributed by atoms with Gasteiger partial charge >= 0.3 is 0 Å². The SMILES string of the molecule is CN=C(NCC1(O)CCCC1)NC(C)c1ccc(C)o1.I. The first-order valence-corrected chi connectivity index (χ1v) is 7.28. The van der Waals surface area contributed by atoms with Gasteiger partial charge in [-0.2, -0.15) is 0 Å². The number of hydrogen-bond donors (Lipinski definition) is 3. The summed E-state index contributed by atoms with van der Waals surface area (Å²) in [5, 5.41) is 16.8. The number of rotatable bonds is 4. The van der Waals surface area contributed by atoms with E-state index in [1.165, 1.54) is 0 Å². The molecule has 5 nitrogen and oxygen atoms in total. The molecule has 1 saturated carbocycles. The second kappa shape index (κ2) is 8.03. The van der Waals surface area contributed by atoms with Crippen molar-refractivity contribution in [3.63, 3.8) is 0 Å². The third-order valence-corrected chi connectivity index (χ3v) is 3.88. The highest BCUT2D eigenvalue weighted by Crippen LogP contribution is 2.28. The molecule has 0 bridgehead atoms. The summed E-state index contributed by atoms with van der Waals surface area (Å²) in [5.74, 6) is 2.47. The van der Waals surface area contributed by atoms with Crippen molar-refractivity contribution in [2.24, 2.45) is 4.99 Å². The van der Waals surface area contributed by atoms with Crippen LogP contribution in [0.25, 0.3) is 0 Å². The molecular weight excluding hydrogens is 381 g/mol. The standard InChI is InChI=1S/C15H25N3O2.HI/c1-11-6-7-13(20-11)12(2)18-14(16-3)17-10-15(19)8-4-5-9-15;/h6-7,12,19H,4-5,8-10H2,1-3H3,(H2,16,17,18);1H. The van der Waals surface area contributed by atoms with E-state index in [1.54, 1.807) is 7.05 Å². The highest BCUT2D eigenvalue weighted by Gasteiger charge is 2.31. The van der Waals surface area contributed by atoms with Crippen LogP contribution in [0.15, 0.2) is 21.5 Å². The fourth-order valence-electron chi connectivity index (χ4n) is 2.62. The van der Waals surface area contributed by atoms with Crippen LogP contribution in [-0.2, 0) is 0 Å². The van der Waals surface area contributed by atoms with E-state index < -0.39 is 5.60 Å². The first-order chi connectivity index (χ1) is 9.52. The van der Waals surface area contributed by atoms with Crippen LogP contribution in [0.2, 0.25) is 0 Å². The van der Waals surface area contributed by atoms with Gasteiger partial charge in [-0.3, -0.25) is 4.99 Å². The van der Waals surface area contributed by atoms with Crippen molar-refractivity contribution in [2.45, 2.75) is 51.2 Å². The van der Waals surface area contributed by atoms with Crippen molar-refractivity contribution < 1.29 is 9.52 Å². The molecule has 0 saturated heterocycles. The van der Waals surface area contributed by atoms with Crippen LogP contribution in [-0.4, -0.2) is 30.3 Å². The Bertz CT molecular complexity index is 467. The highest BCUT2D eigenvalue weighted by molar-refractivity contribution is 14.0. The summed E-state index contributed by atoms with van der Waals surface area (Å²) in [6.07, 6.45) is 3.94. The van der Waals surface area contributed by atoms with Gasteiger partial charge in [0.1, 0.15) is 11.5 Å². The van der Waals surface area contributed by atoms with Crippen molar-refractivity contribution in [3.8, 4) is 0 Å². The molecule has 1 fully saturated rings. The van der Waals surface area contributed by atoms with Crippen LogP contribution < -0.4 is 10.6 Å². The van der Waals surface area contributed by atoms with E-state index in [0.717, 1.165) is 37.2 Å². The van der Waals surface area contributed by atoms with Crippen LogP contribution in [0.3, 0.4) is 0 Å². The lowest BCUT2D eigenvalue weighted by Crippen LogP contribution is -2.46. The Morgan fingerprint density at radius 1 is 1.43 bits per heavy atom. The molecule has 1 unspecified atom stereocenters. The molecule has 2 rings (SSSR count). The van der Waals surface area contributed by atoms with Gasteiger partial charge in [0.25, 0.3) is 0 Å². The quantitative estimate of drug-likeness (QED) is 0.408. The van der Waals surface area contributed by atoms with Gasteiger partial charge in [0.05, 0.1) is 11.6 Å². The first-order valence-electron chi connectivity index (χ1n) is 7.28. The Balaban J connectivity index is 0.00000220. The molecule has 120 valence electrons. The Labute approximate surface area is 143 Å². The predicted octanol–water partition coefficient (Wildman–Crippen LogP) is 2.74. The summed E-state index contributed by atoms with van der Waals surface area (Å²) >= 11 is 0. The summed E-state index contributed by atoms with van der Waals surface area (Å²) in [4.78, 5) is 4.19. The van der Waals surface area contributed by atoms with Gasteiger partial charge < -0.3 is 20.2 Å². The van der Waals surface area contributed by atoms with Crippen LogP contribution >= 0.6 is 24.0 Å². The molecule has 6 heteroatoms. The maximum atomic E-state index is 10.3. The van der Waals surface area contributed by atoms with Crippen LogP contribution in [0.5, 0.6) is 0 Å². The second-order valence-corrected chi connectivity index (χ2v) is 5.67. The molecule has 3 N–H and O–H groups in total. The van der Waals surface area contributed by atoms with Gasteiger partial charge in [0, 0.05) is 13.6 Å². The molecule has 0 spiro atoms. The monoisotopic (exact) mass is 407 g/mol. The van der Waals surface area contributed by atoms with E-state index in [0.29, 0.717) is 12.5 Å². The number of guanidine groups is 1. The van der Waals surface area contributed by atoms with E-state index in [1.807, 2.05) is 26.0 Å². The number of aliphatic imine (C=N–C) groups is 1. The highest BCUT2D eigenvalue weighted by atomic mass is 127. The molecule has 1 atom stereocenters. The minimum Gasteiger partial charge on any atom is -0.464 e. The van der Waals surface area contributed by atoms with E-state index in [2.05, 4.69) is 15.6 Å². The van der Waals surface area contributed by atoms with Gasteiger partial charge in [-0.25, -0.2) is 0 Å². The molecule has 1 aliphatic rings. The summed E-state index contributed by atoms with van der Waals surface area (Å²) < 4.78 is 5.59. The number of nitrogens with one attached hydrogen (secondary N) is 2. The molecular formula is C15H26IN3O2. The molecule has 0 aromatic carbocycles. The van der Waals surface area contributed by atoms with Gasteiger partial charge in [-0.1, -0.05) is 12.8 Å². The molecule has 1 heterocycles.